The quantitative estimate of drug-likeness (QED) is 0.815. The van der Waals surface area contributed by atoms with E-state index in [0.717, 1.165) is 39.1 Å². The van der Waals surface area contributed by atoms with Gasteiger partial charge in [0.2, 0.25) is 0 Å². The van der Waals surface area contributed by atoms with Gasteiger partial charge in [-0.2, -0.15) is 0 Å². The summed E-state index contributed by atoms with van der Waals surface area (Å²) in [6.45, 7) is 14.4. The van der Waals surface area contributed by atoms with Crippen LogP contribution in [0.15, 0.2) is 24.3 Å². The van der Waals surface area contributed by atoms with Crippen LogP contribution in [0.3, 0.4) is 0 Å². The Morgan fingerprint density at radius 2 is 1.70 bits per heavy atom. The molecule has 0 saturated carbocycles. The smallest absolute Gasteiger partial charge is 0.410 e. The lowest BCUT2D eigenvalue weighted by atomic mass is 9.94. The number of nitrogens with one attached hydrogen (secondary N) is 1. The van der Waals surface area contributed by atoms with Gasteiger partial charge in [-0.25, -0.2) is 4.79 Å². The van der Waals surface area contributed by atoms with Crippen molar-refractivity contribution in [3.8, 4) is 0 Å². The van der Waals surface area contributed by atoms with Crippen LogP contribution in [0.4, 0.5) is 4.79 Å². The fourth-order valence-corrected chi connectivity index (χ4v) is 3.55. The van der Waals surface area contributed by atoms with Gasteiger partial charge in [0, 0.05) is 38.8 Å². The Hall–Kier alpha value is -1.59. The number of hydrogen-bond donors (Lipinski definition) is 1. The number of nitrogens with zero attached hydrogens (tertiary/aromatic N) is 2. The van der Waals surface area contributed by atoms with Crippen LogP contribution in [0, 0.1) is 5.92 Å². The number of amides is 1. The highest BCUT2D eigenvalue weighted by atomic mass is 16.6. The second-order valence-corrected chi connectivity index (χ2v) is 8.92. The number of piperazine rings is 1. The molecule has 0 bridgehead atoms. The molecule has 27 heavy (non-hydrogen) atoms. The summed E-state index contributed by atoms with van der Waals surface area (Å²) >= 11 is 0. The van der Waals surface area contributed by atoms with E-state index in [-0.39, 0.29) is 6.09 Å². The summed E-state index contributed by atoms with van der Waals surface area (Å²) in [5, 5.41) is 3.20. The zero-order valence-electron chi connectivity index (χ0n) is 17.9. The molecule has 5 heteroatoms. The van der Waals surface area contributed by atoms with Gasteiger partial charge in [-0.3, -0.25) is 4.90 Å². The predicted octanol–water partition coefficient (Wildman–Crippen LogP) is 4.05. The normalized spacial score (nSPS) is 17.2. The van der Waals surface area contributed by atoms with Crippen molar-refractivity contribution in [1.82, 2.24) is 15.1 Å². The molecular formula is C22H37N3O2. The second-order valence-electron chi connectivity index (χ2n) is 8.92. The SMILES string of the molecule is CNCc1ccc(C(CC(C)C)N2CCN(C(=O)OC(C)(C)C)CC2)cc1. The van der Waals surface area contributed by atoms with Crippen LogP contribution in [-0.2, 0) is 11.3 Å². The molecule has 1 aromatic carbocycles. The molecule has 1 aliphatic rings. The molecule has 0 spiro atoms. The topological polar surface area (TPSA) is 44.8 Å². The van der Waals surface area contributed by atoms with Crippen LogP contribution in [0.5, 0.6) is 0 Å². The third-order valence-electron chi connectivity index (χ3n) is 4.85. The summed E-state index contributed by atoms with van der Waals surface area (Å²) in [4.78, 5) is 16.7. The van der Waals surface area contributed by atoms with Gasteiger partial charge >= 0.3 is 6.09 Å². The van der Waals surface area contributed by atoms with Crippen LogP contribution in [0.25, 0.3) is 0 Å². The zero-order valence-corrected chi connectivity index (χ0v) is 17.9. The summed E-state index contributed by atoms with van der Waals surface area (Å²) in [5.74, 6) is 0.621. The van der Waals surface area contributed by atoms with Crippen molar-refractivity contribution in [2.75, 3.05) is 33.2 Å². The molecule has 152 valence electrons. The molecule has 1 aliphatic heterocycles. The number of ether oxygens (including phenoxy) is 1. The minimum absolute atomic E-state index is 0.195. The van der Waals surface area contributed by atoms with Crippen LogP contribution in [0.1, 0.15) is 58.2 Å². The molecule has 1 heterocycles. The Morgan fingerprint density at radius 3 is 2.19 bits per heavy atom. The standard InChI is InChI=1S/C22H37N3O2/c1-17(2)15-20(19-9-7-18(8-10-19)16-23-6)24-11-13-25(14-12-24)21(26)27-22(3,4)5/h7-10,17,20,23H,11-16H2,1-6H3. The lowest BCUT2D eigenvalue weighted by Gasteiger charge is -2.40. The molecule has 5 nitrogen and oxygen atoms in total. The number of benzene rings is 1. The summed E-state index contributed by atoms with van der Waals surface area (Å²) < 4.78 is 5.52. The summed E-state index contributed by atoms with van der Waals surface area (Å²) in [7, 11) is 1.97. The maximum atomic E-state index is 12.3. The highest BCUT2D eigenvalue weighted by molar-refractivity contribution is 5.68. The molecule has 1 saturated heterocycles. The Kier molecular flexibility index (Phi) is 7.68. The van der Waals surface area contributed by atoms with E-state index >= 15 is 0 Å². The van der Waals surface area contributed by atoms with Gasteiger partial charge < -0.3 is 15.0 Å². The van der Waals surface area contributed by atoms with Crippen LogP contribution >= 0.6 is 0 Å². The maximum absolute atomic E-state index is 12.3. The molecule has 2 rings (SSSR count). The summed E-state index contributed by atoms with van der Waals surface area (Å²) in [5.41, 5.74) is 2.23. The first-order valence-electron chi connectivity index (χ1n) is 10.1. The Morgan fingerprint density at radius 1 is 1.11 bits per heavy atom. The number of carbonyl (C=O) groups is 1. The largest absolute Gasteiger partial charge is 0.444 e. The molecule has 1 amide bonds. The maximum Gasteiger partial charge on any atom is 0.410 e. The van der Waals surface area contributed by atoms with E-state index in [9.17, 15) is 4.79 Å². The van der Waals surface area contributed by atoms with E-state index < -0.39 is 5.60 Å². The molecule has 1 N–H and O–H groups in total. The Balaban J connectivity index is 2.02. The van der Waals surface area contributed by atoms with Crippen molar-refractivity contribution in [3.63, 3.8) is 0 Å². The van der Waals surface area contributed by atoms with Crippen molar-refractivity contribution in [3.05, 3.63) is 35.4 Å². The third-order valence-corrected chi connectivity index (χ3v) is 4.85. The monoisotopic (exact) mass is 375 g/mol. The van der Waals surface area contributed by atoms with Gasteiger partial charge in [-0.05, 0) is 51.3 Å². The van der Waals surface area contributed by atoms with Gasteiger partial charge in [0.15, 0.2) is 0 Å². The summed E-state index contributed by atoms with van der Waals surface area (Å²) in [6, 6.07) is 9.36. The van der Waals surface area contributed by atoms with Crippen LogP contribution in [0.2, 0.25) is 0 Å². The minimum atomic E-state index is -0.441. The molecular weight excluding hydrogens is 338 g/mol. The first kappa shape index (κ1) is 21.7. The van der Waals surface area contributed by atoms with Crippen molar-refractivity contribution in [2.45, 2.75) is 59.2 Å². The molecule has 0 aliphatic carbocycles. The fourth-order valence-electron chi connectivity index (χ4n) is 3.55. The average molecular weight is 376 g/mol. The number of hydrogen-bond acceptors (Lipinski definition) is 4. The van der Waals surface area contributed by atoms with Gasteiger partial charge in [0.05, 0.1) is 0 Å². The van der Waals surface area contributed by atoms with E-state index in [0.29, 0.717) is 12.0 Å². The van der Waals surface area contributed by atoms with Crippen LogP contribution in [-0.4, -0.2) is 54.7 Å². The lowest BCUT2D eigenvalue weighted by Crippen LogP contribution is -2.51. The molecule has 0 aromatic heterocycles. The molecule has 1 atom stereocenters. The molecule has 0 radical (unpaired) electrons. The van der Waals surface area contributed by atoms with E-state index in [2.05, 4.69) is 48.3 Å². The minimum Gasteiger partial charge on any atom is -0.444 e. The van der Waals surface area contributed by atoms with Crippen molar-refractivity contribution < 1.29 is 9.53 Å². The van der Waals surface area contributed by atoms with E-state index in [1.54, 1.807) is 0 Å². The fraction of sp³-hybridized carbons (Fsp3) is 0.682. The van der Waals surface area contributed by atoms with E-state index in [1.807, 2.05) is 32.7 Å². The van der Waals surface area contributed by atoms with Gasteiger partial charge in [-0.1, -0.05) is 38.1 Å². The van der Waals surface area contributed by atoms with Crippen molar-refractivity contribution in [2.24, 2.45) is 5.92 Å². The Labute approximate surface area is 165 Å². The predicted molar refractivity (Wildman–Crippen MR) is 111 cm³/mol. The first-order chi connectivity index (χ1) is 12.7. The number of carbonyl (C=O) groups excluding carboxylic acids is 1. The molecule has 1 fully saturated rings. The highest BCUT2D eigenvalue weighted by Gasteiger charge is 2.29. The van der Waals surface area contributed by atoms with Gasteiger partial charge in [0.1, 0.15) is 5.60 Å². The van der Waals surface area contributed by atoms with E-state index in [4.69, 9.17) is 4.74 Å². The molecule has 1 aromatic rings. The third kappa shape index (κ3) is 6.82. The average Bonchev–Trinajstić information content (AvgIpc) is 2.59. The van der Waals surface area contributed by atoms with Gasteiger partial charge in [-0.15, -0.1) is 0 Å². The summed E-state index contributed by atoms with van der Waals surface area (Å²) in [6.07, 6.45) is 0.927. The Bertz CT molecular complexity index is 585. The second kappa shape index (κ2) is 9.56. The van der Waals surface area contributed by atoms with Crippen molar-refractivity contribution in [1.29, 1.82) is 0 Å². The lowest BCUT2D eigenvalue weighted by molar-refractivity contribution is 0.00904. The highest BCUT2D eigenvalue weighted by Crippen LogP contribution is 2.29. The van der Waals surface area contributed by atoms with Crippen LogP contribution < -0.4 is 5.32 Å². The van der Waals surface area contributed by atoms with Gasteiger partial charge in [0.25, 0.3) is 0 Å². The molecule has 1 unspecified atom stereocenters. The first-order valence-corrected chi connectivity index (χ1v) is 10.1. The van der Waals surface area contributed by atoms with Crippen molar-refractivity contribution >= 4 is 6.09 Å². The van der Waals surface area contributed by atoms with E-state index in [1.165, 1.54) is 11.1 Å². The zero-order chi connectivity index (χ0) is 20.0. The number of rotatable bonds is 6.